The van der Waals surface area contributed by atoms with E-state index in [0.29, 0.717) is 24.1 Å². The first kappa shape index (κ1) is 29.2. The van der Waals surface area contributed by atoms with Crippen LogP contribution in [0.5, 0.6) is 0 Å². The minimum absolute atomic E-state index is 0.0144. The van der Waals surface area contributed by atoms with Gasteiger partial charge in [-0.2, -0.15) is 13.2 Å². The fourth-order valence-corrected chi connectivity index (χ4v) is 6.40. The van der Waals surface area contributed by atoms with Crippen molar-refractivity contribution in [1.29, 1.82) is 0 Å². The quantitative estimate of drug-likeness (QED) is 0.177. The van der Waals surface area contributed by atoms with Crippen LogP contribution in [0.2, 0.25) is 0 Å². The molecule has 1 unspecified atom stereocenters. The van der Waals surface area contributed by atoms with Gasteiger partial charge in [-0.15, -0.1) is 10.2 Å². The Morgan fingerprint density at radius 1 is 1.05 bits per heavy atom. The second kappa shape index (κ2) is 11.2. The summed E-state index contributed by atoms with van der Waals surface area (Å²) in [6.45, 7) is 4.06. The van der Waals surface area contributed by atoms with Gasteiger partial charge >= 0.3 is 6.18 Å². The van der Waals surface area contributed by atoms with Crippen molar-refractivity contribution < 1.29 is 27.1 Å². The molecule has 2 aliphatic rings. The summed E-state index contributed by atoms with van der Waals surface area (Å²) in [6, 6.07) is 10.8. The zero-order valence-electron chi connectivity index (χ0n) is 23.7. The Morgan fingerprint density at radius 2 is 1.76 bits per heavy atom. The lowest BCUT2D eigenvalue weighted by atomic mass is 9.74. The molecule has 0 spiro atoms. The van der Waals surface area contributed by atoms with E-state index in [9.17, 15) is 18.0 Å². The Hall–Kier alpha value is -3.27. The van der Waals surface area contributed by atoms with Crippen LogP contribution in [-0.4, -0.2) is 33.9 Å². The maximum atomic E-state index is 16.0. The largest absolute Gasteiger partial charge is 0.416 e. The summed E-state index contributed by atoms with van der Waals surface area (Å²) in [5, 5.41) is 7.76. The molecule has 0 saturated carbocycles. The summed E-state index contributed by atoms with van der Waals surface area (Å²) in [5.41, 5.74) is -1.97. The number of amides is 1. The predicted molar refractivity (Wildman–Crippen MR) is 147 cm³/mol. The number of carbonyl (C=O) groups is 1. The van der Waals surface area contributed by atoms with E-state index in [1.54, 1.807) is 38.2 Å². The second-order valence-corrected chi connectivity index (χ2v) is 11.5. The molecular formula is C31H36F4N4O2. The second-order valence-electron chi connectivity index (χ2n) is 11.5. The predicted octanol–water partition coefficient (Wildman–Crippen LogP) is 7.44. The Morgan fingerprint density at radius 3 is 2.39 bits per heavy atom. The molecule has 1 amide bonds. The molecule has 2 aliphatic heterocycles. The number of halogens is 4. The fourth-order valence-electron chi connectivity index (χ4n) is 6.40. The third-order valence-electron chi connectivity index (χ3n) is 8.71. The van der Waals surface area contributed by atoms with Crippen LogP contribution in [0, 0.1) is 0 Å². The minimum atomic E-state index is -4.61. The van der Waals surface area contributed by atoms with Gasteiger partial charge in [-0.3, -0.25) is 9.69 Å². The molecule has 0 radical (unpaired) electrons. The van der Waals surface area contributed by atoms with Crippen molar-refractivity contribution in [1.82, 2.24) is 14.8 Å². The van der Waals surface area contributed by atoms with Crippen LogP contribution in [0.3, 0.4) is 0 Å². The molecule has 1 aromatic heterocycles. The van der Waals surface area contributed by atoms with Crippen molar-refractivity contribution in [3.8, 4) is 0 Å². The molecule has 3 aromatic rings. The number of hydrogen-bond donors (Lipinski definition) is 0. The highest BCUT2D eigenvalue weighted by Crippen LogP contribution is 2.51. The van der Waals surface area contributed by atoms with Crippen molar-refractivity contribution in [3.05, 3.63) is 76.9 Å². The molecule has 5 rings (SSSR count). The maximum Gasteiger partial charge on any atom is 0.416 e. The number of rotatable bonds is 11. The molecule has 0 N–H and O–H groups in total. The highest BCUT2D eigenvalue weighted by Gasteiger charge is 2.53. The third-order valence-corrected chi connectivity index (χ3v) is 8.71. The number of carbonyl (C=O) groups excluding carboxylic acids is 1. The van der Waals surface area contributed by atoms with Crippen molar-refractivity contribution in [2.75, 3.05) is 18.1 Å². The molecule has 0 aliphatic carbocycles. The summed E-state index contributed by atoms with van der Waals surface area (Å²) < 4.78 is 65.9. The number of aromatic nitrogens is 3. The zero-order chi connectivity index (χ0) is 29.4. The van der Waals surface area contributed by atoms with Gasteiger partial charge in [0.15, 0.2) is 12.0 Å². The lowest BCUT2D eigenvalue weighted by Crippen LogP contribution is -2.51. The molecule has 3 heterocycles. The smallest absolute Gasteiger partial charge is 0.379 e. The lowest BCUT2D eigenvalue weighted by molar-refractivity contribution is -0.138. The number of alkyl halides is 4. The van der Waals surface area contributed by atoms with Gasteiger partial charge in [0.05, 0.1) is 29.7 Å². The molecule has 1 saturated heterocycles. The molecule has 41 heavy (non-hydrogen) atoms. The topological polar surface area (TPSA) is 60.2 Å². The van der Waals surface area contributed by atoms with E-state index in [-0.39, 0.29) is 30.2 Å². The number of nitrogens with zero attached hydrogens (tertiary/aromatic N) is 4. The summed E-state index contributed by atoms with van der Waals surface area (Å²) in [7, 11) is 1.66. The van der Waals surface area contributed by atoms with Crippen molar-refractivity contribution in [3.63, 3.8) is 0 Å². The van der Waals surface area contributed by atoms with E-state index >= 15 is 4.39 Å². The number of hydrogen-bond acceptors (Lipinski definition) is 4. The van der Waals surface area contributed by atoms with E-state index in [1.807, 2.05) is 0 Å². The maximum absolute atomic E-state index is 16.0. The number of unbranched alkanes of at least 4 members (excludes halogenated alkanes) is 5. The van der Waals surface area contributed by atoms with E-state index in [1.165, 1.54) is 27.9 Å². The number of anilines is 1. The Kier molecular flexibility index (Phi) is 7.98. The number of fused-ring (bicyclic) bond motifs is 1. The highest BCUT2D eigenvalue weighted by atomic mass is 19.4. The number of aryl methyl sites for hydroxylation is 1. The van der Waals surface area contributed by atoms with Crippen LogP contribution in [0.4, 0.5) is 23.2 Å². The molecular weight excluding hydrogens is 536 g/mol. The first-order valence-electron chi connectivity index (χ1n) is 14.3. The SMILES string of the molecule is CCCCCCCCC1(C)c2c(cccc2C(F)(F)F)C(=O)N1c1cccc(C2([C@H](F)c3nncn3C)COC2)c1. The zero-order valence-corrected chi connectivity index (χ0v) is 23.7. The molecule has 2 aromatic carbocycles. The standard InChI is InChI=1S/C31H36F4N4O2/c1-4-5-6-7-8-9-16-29(2)25-23(14-11-15-24(25)31(33,34)35)28(40)39(29)22-13-10-12-21(17-22)30(18-41-19-30)26(32)27-37-36-20-38(27)3/h10-15,17,20,26H,4-9,16,18-19H2,1-3H3/t26-,29?/m1/s1. The van der Waals surface area contributed by atoms with Gasteiger partial charge in [-0.1, -0.05) is 63.6 Å². The minimum Gasteiger partial charge on any atom is -0.379 e. The Balaban J connectivity index is 1.55. The van der Waals surface area contributed by atoms with E-state index < -0.39 is 34.8 Å². The van der Waals surface area contributed by atoms with E-state index in [4.69, 9.17) is 4.74 Å². The van der Waals surface area contributed by atoms with Crippen LogP contribution in [0.25, 0.3) is 0 Å². The first-order valence-corrected chi connectivity index (χ1v) is 14.3. The van der Waals surface area contributed by atoms with Crippen LogP contribution >= 0.6 is 0 Å². The molecule has 10 heteroatoms. The van der Waals surface area contributed by atoms with Gasteiger partial charge in [0.2, 0.25) is 0 Å². The summed E-state index contributed by atoms with van der Waals surface area (Å²) in [6.07, 6.45) is 1.47. The monoisotopic (exact) mass is 572 g/mol. The van der Waals surface area contributed by atoms with Gasteiger partial charge in [0.25, 0.3) is 5.91 Å². The Labute approximate surface area is 237 Å². The summed E-state index contributed by atoms with van der Waals surface area (Å²) >= 11 is 0. The molecule has 2 atom stereocenters. The van der Waals surface area contributed by atoms with Crippen molar-refractivity contribution in [2.45, 2.75) is 82.1 Å². The van der Waals surface area contributed by atoms with E-state index in [2.05, 4.69) is 17.1 Å². The molecule has 6 nitrogen and oxygen atoms in total. The average molecular weight is 573 g/mol. The highest BCUT2D eigenvalue weighted by molar-refractivity contribution is 6.12. The average Bonchev–Trinajstić information content (AvgIpc) is 3.43. The van der Waals surface area contributed by atoms with E-state index in [0.717, 1.165) is 38.2 Å². The van der Waals surface area contributed by atoms with Gasteiger partial charge in [-0.25, -0.2) is 4.39 Å². The van der Waals surface area contributed by atoms with Crippen LogP contribution < -0.4 is 4.90 Å². The van der Waals surface area contributed by atoms with Crippen LogP contribution in [0.15, 0.2) is 48.8 Å². The lowest BCUT2D eigenvalue weighted by Gasteiger charge is -2.44. The van der Waals surface area contributed by atoms with Crippen molar-refractivity contribution >= 4 is 11.6 Å². The normalized spacial score (nSPS) is 20.7. The number of ether oxygens (including phenoxy) is 1. The molecule has 0 bridgehead atoms. The molecule has 1 fully saturated rings. The van der Waals surface area contributed by atoms with Crippen molar-refractivity contribution in [2.24, 2.45) is 7.05 Å². The van der Waals surface area contributed by atoms with Gasteiger partial charge < -0.3 is 9.30 Å². The summed E-state index contributed by atoms with van der Waals surface area (Å²) in [5.74, 6) is -0.327. The third kappa shape index (κ3) is 5.04. The first-order chi connectivity index (χ1) is 19.5. The molecule has 220 valence electrons. The van der Waals surface area contributed by atoms with Gasteiger partial charge in [0, 0.05) is 23.9 Å². The van der Waals surface area contributed by atoms with Gasteiger partial charge in [-0.05, 0) is 43.2 Å². The van der Waals surface area contributed by atoms with Crippen LogP contribution in [0.1, 0.15) is 97.8 Å². The Bertz CT molecular complexity index is 1400. The number of benzene rings is 2. The van der Waals surface area contributed by atoms with Crippen LogP contribution in [-0.2, 0) is 28.9 Å². The summed E-state index contributed by atoms with van der Waals surface area (Å²) in [4.78, 5) is 15.4. The van der Waals surface area contributed by atoms with Gasteiger partial charge in [0.1, 0.15) is 6.33 Å². The fraction of sp³-hybridized carbons (Fsp3) is 0.516.